The predicted molar refractivity (Wildman–Crippen MR) is 115 cm³/mol. The fourth-order valence-electron chi connectivity index (χ4n) is 2.39. The van der Waals surface area contributed by atoms with Crippen molar-refractivity contribution in [1.82, 2.24) is 19.6 Å². The third-order valence-corrected chi connectivity index (χ3v) is 4.77. The van der Waals surface area contributed by atoms with Crippen molar-refractivity contribution >= 4 is 56.4 Å². The summed E-state index contributed by atoms with van der Waals surface area (Å²) in [5.74, 6) is 0.487. The number of nitrogens with one attached hydrogen (secondary N) is 2. The smallest absolute Gasteiger partial charge is 0.350 e. The normalized spacial score (nSPS) is 11.5. The highest BCUT2D eigenvalue weighted by Crippen LogP contribution is 2.23. The van der Waals surface area contributed by atoms with E-state index in [2.05, 4.69) is 41.5 Å². The quantitative estimate of drug-likeness (QED) is 0.430. The molecule has 0 aliphatic heterocycles. The molecule has 2 N–H and O–H groups in total. The number of anilines is 2. The number of hydrogen-bond donors (Lipinski definition) is 2. The molecule has 0 radical (unpaired) electrons. The van der Waals surface area contributed by atoms with Crippen molar-refractivity contribution in [3.63, 3.8) is 0 Å². The summed E-state index contributed by atoms with van der Waals surface area (Å²) < 4.78 is 44.5. The largest absolute Gasteiger partial charge is 0.411 e. The molecule has 0 aliphatic rings. The number of benzene rings is 1. The summed E-state index contributed by atoms with van der Waals surface area (Å²) >= 11 is 14.9. The van der Waals surface area contributed by atoms with Crippen LogP contribution in [0.4, 0.5) is 24.7 Å². The van der Waals surface area contributed by atoms with Crippen molar-refractivity contribution in [2.24, 2.45) is 0 Å². The van der Waals surface area contributed by atoms with Crippen molar-refractivity contribution in [1.29, 1.82) is 0 Å². The molecule has 0 saturated heterocycles. The summed E-state index contributed by atoms with van der Waals surface area (Å²) in [6.07, 6.45) is 0.276. The van der Waals surface area contributed by atoms with Crippen LogP contribution in [0.1, 0.15) is 5.56 Å². The number of rotatable bonds is 7. The molecule has 0 aliphatic carbocycles. The van der Waals surface area contributed by atoms with Crippen molar-refractivity contribution in [3.8, 4) is 0 Å². The van der Waals surface area contributed by atoms with Gasteiger partial charge >= 0.3 is 6.18 Å². The SMILES string of the molecule is FC(F)(F)COCn1cc(NC(=S)Nc2nn(Cc3ccccc3Cl)cc2Br)cn1. The molecule has 3 rings (SSSR count). The molecule has 0 saturated carbocycles. The molecular formula is C17H15BrClF3N6OS. The average Bonchev–Trinajstić information content (AvgIpc) is 3.22. The second-order valence-electron chi connectivity index (χ2n) is 6.05. The van der Waals surface area contributed by atoms with Crippen molar-refractivity contribution in [2.45, 2.75) is 19.5 Å². The maximum atomic E-state index is 12.1. The lowest BCUT2D eigenvalue weighted by molar-refractivity contribution is -0.182. The van der Waals surface area contributed by atoms with E-state index in [1.807, 2.05) is 24.3 Å². The zero-order valence-corrected chi connectivity index (χ0v) is 18.3. The Balaban J connectivity index is 1.54. The molecule has 160 valence electrons. The monoisotopic (exact) mass is 522 g/mol. The minimum Gasteiger partial charge on any atom is -0.350 e. The lowest BCUT2D eigenvalue weighted by Gasteiger charge is -2.08. The van der Waals surface area contributed by atoms with Gasteiger partial charge in [-0.15, -0.1) is 0 Å². The van der Waals surface area contributed by atoms with Crippen LogP contribution < -0.4 is 10.6 Å². The number of alkyl halides is 3. The highest BCUT2D eigenvalue weighted by atomic mass is 79.9. The van der Waals surface area contributed by atoms with Crippen LogP contribution in [0.2, 0.25) is 5.02 Å². The van der Waals surface area contributed by atoms with E-state index < -0.39 is 12.8 Å². The summed E-state index contributed by atoms with van der Waals surface area (Å²) in [4.78, 5) is 0. The van der Waals surface area contributed by atoms with Crippen molar-refractivity contribution in [3.05, 3.63) is 57.9 Å². The molecule has 0 amide bonds. The van der Waals surface area contributed by atoms with Gasteiger partial charge in [0.2, 0.25) is 0 Å². The first-order valence-electron chi connectivity index (χ1n) is 8.41. The van der Waals surface area contributed by atoms with E-state index in [4.69, 9.17) is 23.8 Å². The molecule has 13 heteroatoms. The molecule has 0 unspecified atom stereocenters. The van der Waals surface area contributed by atoms with Gasteiger partial charge in [-0.2, -0.15) is 23.4 Å². The van der Waals surface area contributed by atoms with Crippen LogP contribution >= 0.6 is 39.7 Å². The van der Waals surface area contributed by atoms with Crippen LogP contribution in [0, 0.1) is 0 Å². The number of halogens is 5. The summed E-state index contributed by atoms with van der Waals surface area (Å²) in [5.41, 5.74) is 1.40. The van der Waals surface area contributed by atoms with Gasteiger partial charge in [0.15, 0.2) is 10.9 Å². The van der Waals surface area contributed by atoms with Gasteiger partial charge in [-0.25, -0.2) is 4.68 Å². The van der Waals surface area contributed by atoms with E-state index >= 15 is 0 Å². The molecule has 0 bridgehead atoms. The minimum absolute atomic E-state index is 0.231. The minimum atomic E-state index is -4.39. The van der Waals surface area contributed by atoms with E-state index in [1.165, 1.54) is 17.1 Å². The maximum absolute atomic E-state index is 12.1. The van der Waals surface area contributed by atoms with Crippen molar-refractivity contribution in [2.75, 3.05) is 17.2 Å². The van der Waals surface area contributed by atoms with E-state index in [-0.39, 0.29) is 11.8 Å². The van der Waals surface area contributed by atoms with Crippen LogP contribution in [-0.4, -0.2) is 37.5 Å². The molecule has 1 aromatic carbocycles. The van der Waals surface area contributed by atoms with E-state index in [1.54, 1.807) is 10.9 Å². The molecule has 2 aromatic heterocycles. The second kappa shape index (κ2) is 9.77. The van der Waals surface area contributed by atoms with Crippen LogP contribution in [0.15, 0.2) is 47.3 Å². The summed E-state index contributed by atoms with van der Waals surface area (Å²) in [5, 5.41) is 15.0. The molecule has 0 spiro atoms. The Morgan fingerprint density at radius 1 is 1.20 bits per heavy atom. The zero-order valence-electron chi connectivity index (χ0n) is 15.2. The van der Waals surface area contributed by atoms with Gasteiger partial charge < -0.3 is 15.4 Å². The topological polar surface area (TPSA) is 68.9 Å². The Kier molecular flexibility index (Phi) is 7.34. The Labute approximate surface area is 188 Å². The highest BCUT2D eigenvalue weighted by Gasteiger charge is 2.27. The molecule has 0 atom stereocenters. The Morgan fingerprint density at radius 2 is 1.97 bits per heavy atom. The Morgan fingerprint density at radius 3 is 2.70 bits per heavy atom. The van der Waals surface area contributed by atoms with E-state index in [9.17, 15) is 13.2 Å². The maximum Gasteiger partial charge on any atom is 0.411 e. The number of aromatic nitrogens is 4. The summed E-state index contributed by atoms with van der Waals surface area (Å²) in [6.45, 7) is -1.20. The van der Waals surface area contributed by atoms with Crippen molar-refractivity contribution < 1.29 is 17.9 Å². The Bertz CT molecular complexity index is 1030. The lowest BCUT2D eigenvalue weighted by Crippen LogP contribution is -2.20. The fraction of sp³-hybridized carbons (Fsp3) is 0.235. The molecular weight excluding hydrogens is 509 g/mol. The molecule has 0 fully saturated rings. The first-order chi connectivity index (χ1) is 14.2. The highest BCUT2D eigenvalue weighted by molar-refractivity contribution is 9.10. The van der Waals surface area contributed by atoms with Gasteiger partial charge in [-0.1, -0.05) is 29.8 Å². The molecule has 7 nitrogen and oxygen atoms in total. The first kappa shape index (κ1) is 22.5. The first-order valence-corrected chi connectivity index (χ1v) is 9.99. The average molecular weight is 524 g/mol. The van der Waals surface area contributed by atoms with Gasteiger partial charge in [0.25, 0.3) is 0 Å². The van der Waals surface area contributed by atoms with Crippen LogP contribution in [0.25, 0.3) is 0 Å². The lowest BCUT2D eigenvalue weighted by atomic mass is 10.2. The van der Waals surface area contributed by atoms with Crippen LogP contribution in [-0.2, 0) is 18.0 Å². The fourth-order valence-corrected chi connectivity index (χ4v) is 3.21. The Hall–Kier alpha value is -2.15. The predicted octanol–water partition coefficient (Wildman–Crippen LogP) is 4.89. The number of ether oxygens (including phenoxy) is 1. The molecule has 30 heavy (non-hydrogen) atoms. The van der Waals surface area contributed by atoms with E-state index in [0.717, 1.165) is 5.56 Å². The number of hydrogen-bond acceptors (Lipinski definition) is 4. The van der Waals surface area contributed by atoms with Crippen LogP contribution in [0.3, 0.4) is 0 Å². The van der Waals surface area contributed by atoms with Gasteiger partial charge in [-0.05, 0) is 39.8 Å². The third kappa shape index (κ3) is 6.69. The third-order valence-electron chi connectivity index (χ3n) is 3.62. The van der Waals surface area contributed by atoms with Gasteiger partial charge in [-0.3, -0.25) is 4.68 Å². The number of thiocarbonyl (C=S) groups is 1. The van der Waals surface area contributed by atoms with Gasteiger partial charge in [0.05, 0.1) is 29.1 Å². The van der Waals surface area contributed by atoms with Gasteiger partial charge in [0, 0.05) is 11.2 Å². The summed E-state index contributed by atoms with van der Waals surface area (Å²) in [6, 6.07) is 7.47. The van der Waals surface area contributed by atoms with Crippen LogP contribution in [0.5, 0.6) is 0 Å². The summed E-state index contributed by atoms with van der Waals surface area (Å²) in [7, 11) is 0. The van der Waals surface area contributed by atoms with Gasteiger partial charge in [0.1, 0.15) is 13.3 Å². The van der Waals surface area contributed by atoms with E-state index in [0.29, 0.717) is 27.5 Å². The second-order valence-corrected chi connectivity index (χ2v) is 7.72. The molecule has 3 aromatic rings. The number of nitrogens with zero attached hydrogens (tertiary/aromatic N) is 4. The zero-order chi connectivity index (χ0) is 21.7. The molecule has 2 heterocycles. The standard InChI is InChI=1S/C17H15BrClF3N6OS/c18-13-8-27(6-11-3-1-2-4-14(11)19)26-15(13)25-16(30)24-12-5-23-28(7-12)10-29-9-17(20,21)22/h1-5,7-8H,6,9-10H2,(H2,24,25,26,30).